The van der Waals surface area contributed by atoms with Crippen LogP contribution in [0.4, 0.5) is 10.1 Å². The van der Waals surface area contributed by atoms with E-state index in [0.717, 1.165) is 19.5 Å². The molecule has 1 unspecified atom stereocenters. The molecule has 1 aliphatic rings. The largest absolute Gasteiger partial charge is 0.434 e. The van der Waals surface area contributed by atoms with Gasteiger partial charge in [0.25, 0.3) is 0 Å². The van der Waals surface area contributed by atoms with Crippen LogP contribution in [-0.4, -0.2) is 29.3 Å². The van der Waals surface area contributed by atoms with Crippen LogP contribution in [0, 0.1) is 24.6 Å². The SMILES string of the molecule is Cc1c(F)cc(-c2n[nH]c(=O)o2)cc1NC(C)[C@H]1CCNC[C@H]1C.Cl. The molecule has 0 amide bonds. The Balaban J connectivity index is 0.00000225. The third kappa shape index (κ3) is 4.22. The van der Waals surface area contributed by atoms with Crippen LogP contribution in [0.25, 0.3) is 11.5 Å². The second-order valence-corrected chi connectivity index (χ2v) is 6.62. The monoisotopic (exact) mass is 370 g/mol. The second-order valence-electron chi connectivity index (χ2n) is 6.62. The van der Waals surface area contributed by atoms with E-state index in [1.165, 1.54) is 6.07 Å². The van der Waals surface area contributed by atoms with Crippen molar-refractivity contribution in [2.24, 2.45) is 11.8 Å². The fraction of sp³-hybridized carbons (Fsp3) is 0.529. The van der Waals surface area contributed by atoms with E-state index in [0.29, 0.717) is 28.7 Å². The van der Waals surface area contributed by atoms with Gasteiger partial charge in [0.15, 0.2) is 0 Å². The Kier molecular flexibility index (Phi) is 6.24. The predicted molar refractivity (Wildman–Crippen MR) is 97.7 cm³/mol. The highest BCUT2D eigenvalue weighted by molar-refractivity contribution is 5.85. The molecule has 0 radical (unpaired) electrons. The van der Waals surface area contributed by atoms with E-state index in [1.807, 2.05) is 0 Å². The smallest absolute Gasteiger partial charge is 0.388 e. The minimum Gasteiger partial charge on any atom is -0.388 e. The maximum absolute atomic E-state index is 14.3. The van der Waals surface area contributed by atoms with Gasteiger partial charge in [0, 0.05) is 22.9 Å². The first-order valence-corrected chi connectivity index (χ1v) is 8.29. The molecule has 0 aliphatic carbocycles. The number of aromatic amines is 1. The van der Waals surface area contributed by atoms with Crippen molar-refractivity contribution in [2.45, 2.75) is 33.2 Å². The molecule has 8 heteroatoms. The van der Waals surface area contributed by atoms with Gasteiger partial charge >= 0.3 is 5.76 Å². The lowest BCUT2D eigenvalue weighted by Gasteiger charge is -2.35. The van der Waals surface area contributed by atoms with Crippen molar-refractivity contribution in [2.75, 3.05) is 18.4 Å². The fourth-order valence-electron chi connectivity index (χ4n) is 3.44. The molecular weight excluding hydrogens is 347 g/mol. The van der Waals surface area contributed by atoms with Gasteiger partial charge in [-0.15, -0.1) is 17.5 Å². The molecule has 25 heavy (non-hydrogen) atoms. The fourth-order valence-corrected chi connectivity index (χ4v) is 3.44. The van der Waals surface area contributed by atoms with Crippen molar-refractivity contribution in [3.63, 3.8) is 0 Å². The van der Waals surface area contributed by atoms with Crippen LogP contribution in [-0.2, 0) is 0 Å². The van der Waals surface area contributed by atoms with E-state index in [9.17, 15) is 9.18 Å². The predicted octanol–water partition coefficient (Wildman–Crippen LogP) is 2.95. The first-order valence-electron chi connectivity index (χ1n) is 8.29. The number of H-pyrrole nitrogens is 1. The zero-order valence-electron chi connectivity index (χ0n) is 14.6. The van der Waals surface area contributed by atoms with Crippen LogP contribution >= 0.6 is 12.4 Å². The first kappa shape index (κ1) is 19.5. The summed E-state index contributed by atoms with van der Waals surface area (Å²) in [5, 5.41) is 12.8. The van der Waals surface area contributed by atoms with Gasteiger partial charge in [-0.1, -0.05) is 6.92 Å². The highest BCUT2D eigenvalue weighted by Crippen LogP contribution is 2.30. The third-order valence-electron chi connectivity index (χ3n) is 4.91. The number of nitrogens with zero attached hydrogens (tertiary/aromatic N) is 1. The highest BCUT2D eigenvalue weighted by atomic mass is 35.5. The summed E-state index contributed by atoms with van der Waals surface area (Å²) < 4.78 is 19.2. The summed E-state index contributed by atoms with van der Waals surface area (Å²) in [5.74, 6) is 0.146. The maximum Gasteiger partial charge on any atom is 0.434 e. The molecule has 1 aromatic carbocycles. The maximum atomic E-state index is 14.3. The second kappa shape index (κ2) is 8.01. The number of hydrogen-bond donors (Lipinski definition) is 3. The van der Waals surface area contributed by atoms with Crippen LogP contribution < -0.4 is 16.4 Å². The van der Waals surface area contributed by atoms with E-state index in [2.05, 4.69) is 34.7 Å². The molecule has 1 fully saturated rings. The molecule has 0 saturated carbocycles. The minimum atomic E-state index is -0.655. The summed E-state index contributed by atoms with van der Waals surface area (Å²) in [4.78, 5) is 11.1. The molecule has 0 spiro atoms. The normalized spacial score (nSPS) is 21.4. The standard InChI is InChI=1S/C17H23FN4O2.ClH/c1-9-8-19-5-4-13(9)11(3)20-15-7-12(6-14(18)10(15)2)16-21-22-17(23)24-16;/h6-7,9,11,13,19-20H,4-5,8H2,1-3H3,(H,22,23);1H/t9-,11?,13+;/m1./s1. The summed E-state index contributed by atoms with van der Waals surface area (Å²) in [6, 6.07) is 3.32. The van der Waals surface area contributed by atoms with Gasteiger partial charge in [0.2, 0.25) is 5.89 Å². The van der Waals surface area contributed by atoms with Gasteiger partial charge in [0.05, 0.1) is 0 Å². The van der Waals surface area contributed by atoms with Crippen molar-refractivity contribution >= 4 is 18.1 Å². The van der Waals surface area contributed by atoms with Gasteiger partial charge in [0.1, 0.15) is 5.82 Å². The Morgan fingerprint density at radius 3 is 2.84 bits per heavy atom. The number of benzene rings is 1. The zero-order chi connectivity index (χ0) is 17.3. The number of hydrogen-bond acceptors (Lipinski definition) is 5. The summed E-state index contributed by atoms with van der Waals surface area (Å²) in [5.41, 5.74) is 1.68. The van der Waals surface area contributed by atoms with Gasteiger partial charge in [-0.2, -0.15) is 0 Å². The quantitative estimate of drug-likeness (QED) is 0.770. The van der Waals surface area contributed by atoms with Crippen LogP contribution in [0.3, 0.4) is 0 Å². The van der Waals surface area contributed by atoms with Crippen LogP contribution in [0.15, 0.2) is 21.3 Å². The first-order chi connectivity index (χ1) is 11.5. The molecule has 1 saturated heterocycles. The molecule has 3 atom stereocenters. The molecule has 2 heterocycles. The van der Waals surface area contributed by atoms with Crippen molar-refractivity contribution in [3.05, 3.63) is 34.1 Å². The Bertz CT molecular complexity index is 776. The molecule has 6 nitrogen and oxygen atoms in total. The summed E-state index contributed by atoms with van der Waals surface area (Å²) in [6.45, 7) is 8.11. The molecule has 0 bridgehead atoms. The van der Waals surface area contributed by atoms with Crippen molar-refractivity contribution in [1.82, 2.24) is 15.5 Å². The summed E-state index contributed by atoms with van der Waals surface area (Å²) in [7, 11) is 0. The van der Waals surface area contributed by atoms with Gasteiger partial charge in [-0.25, -0.2) is 14.3 Å². The minimum absolute atomic E-state index is 0. The average molecular weight is 371 g/mol. The molecule has 3 N–H and O–H groups in total. The lowest BCUT2D eigenvalue weighted by atomic mass is 9.82. The molecule has 138 valence electrons. The number of rotatable bonds is 4. The summed E-state index contributed by atoms with van der Waals surface area (Å²) in [6.07, 6.45) is 1.09. The Morgan fingerprint density at radius 2 is 2.20 bits per heavy atom. The molecular formula is C17H24ClFN4O2. The lowest BCUT2D eigenvalue weighted by Crippen LogP contribution is -2.42. The van der Waals surface area contributed by atoms with Crippen molar-refractivity contribution < 1.29 is 8.81 Å². The topological polar surface area (TPSA) is 83.0 Å². The summed E-state index contributed by atoms with van der Waals surface area (Å²) >= 11 is 0. The van der Waals surface area contributed by atoms with E-state index in [4.69, 9.17) is 4.42 Å². The molecule has 3 rings (SSSR count). The van der Waals surface area contributed by atoms with Gasteiger partial charge < -0.3 is 15.1 Å². The van der Waals surface area contributed by atoms with Crippen LogP contribution in [0.2, 0.25) is 0 Å². The van der Waals surface area contributed by atoms with Crippen molar-refractivity contribution in [1.29, 1.82) is 0 Å². The van der Waals surface area contributed by atoms with Crippen LogP contribution in [0.1, 0.15) is 25.8 Å². The van der Waals surface area contributed by atoms with Gasteiger partial charge in [-0.05, 0) is 57.3 Å². The third-order valence-corrected chi connectivity index (χ3v) is 4.91. The lowest BCUT2D eigenvalue weighted by molar-refractivity contribution is 0.250. The van der Waals surface area contributed by atoms with E-state index in [-0.39, 0.29) is 30.2 Å². The number of halogens is 2. The molecule has 1 aromatic heterocycles. The van der Waals surface area contributed by atoms with Crippen molar-refractivity contribution in [3.8, 4) is 11.5 Å². The molecule has 1 aliphatic heterocycles. The van der Waals surface area contributed by atoms with Crippen LogP contribution in [0.5, 0.6) is 0 Å². The van der Waals surface area contributed by atoms with E-state index < -0.39 is 5.76 Å². The highest BCUT2D eigenvalue weighted by Gasteiger charge is 2.27. The Labute approximate surface area is 152 Å². The number of nitrogens with one attached hydrogen (secondary N) is 3. The van der Waals surface area contributed by atoms with Gasteiger partial charge in [-0.3, -0.25) is 0 Å². The van der Waals surface area contributed by atoms with E-state index >= 15 is 0 Å². The Morgan fingerprint density at radius 1 is 1.44 bits per heavy atom. The van der Waals surface area contributed by atoms with E-state index in [1.54, 1.807) is 13.0 Å². The molecule has 2 aromatic rings. The average Bonchev–Trinajstić information content (AvgIpc) is 2.98. The number of aromatic nitrogens is 2. The zero-order valence-corrected chi connectivity index (χ0v) is 15.4. The number of piperidine rings is 1. The number of anilines is 1. The Hall–Kier alpha value is -1.86.